The fraction of sp³-hybridized carbons (Fsp3) is 0.545. The average Bonchev–Trinajstić information content (AvgIpc) is 2.64. The smallest absolute Gasteiger partial charge is 0.227 e. The molecule has 0 aliphatic carbocycles. The summed E-state index contributed by atoms with van der Waals surface area (Å²) in [5.74, 6) is 1.67. The second-order valence-corrected chi connectivity index (χ2v) is 6.98. The third kappa shape index (κ3) is 5.59. The molecule has 1 aromatic heterocycles. The van der Waals surface area contributed by atoms with E-state index in [-0.39, 0.29) is 0 Å². The quantitative estimate of drug-likeness (QED) is 0.615. The highest BCUT2D eigenvalue weighted by atomic mass is 15.3. The summed E-state index contributed by atoms with van der Waals surface area (Å²) in [6, 6.07) is 8.58. The molecule has 0 amide bonds. The van der Waals surface area contributed by atoms with Crippen LogP contribution in [0.1, 0.15) is 51.8 Å². The molecule has 0 spiro atoms. The lowest BCUT2D eigenvalue weighted by molar-refractivity contribution is 0.720. The number of hydrogen-bond acceptors (Lipinski definition) is 5. The number of benzene rings is 1. The summed E-state index contributed by atoms with van der Waals surface area (Å²) in [6.45, 7) is 16.9. The minimum Gasteiger partial charge on any atom is -0.372 e. The van der Waals surface area contributed by atoms with Crippen LogP contribution in [0.2, 0.25) is 0 Å². The van der Waals surface area contributed by atoms with Gasteiger partial charge in [-0.15, -0.1) is 0 Å². The lowest BCUT2D eigenvalue weighted by Crippen LogP contribution is -2.27. The van der Waals surface area contributed by atoms with Gasteiger partial charge in [-0.2, -0.15) is 4.98 Å². The van der Waals surface area contributed by atoms with E-state index < -0.39 is 0 Å². The Morgan fingerprint density at radius 3 is 2.07 bits per heavy atom. The highest BCUT2D eigenvalue weighted by Gasteiger charge is 2.11. The Kier molecular flexibility index (Phi) is 7.89. The minimum absolute atomic E-state index is 0.818. The Labute approximate surface area is 164 Å². The van der Waals surface area contributed by atoms with Gasteiger partial charge in [0.05, 0.1) is 0 Å². The van der Waals surface area contributed by atoms with E-state index in [4.69, 9.17) is 4.98 Å². The first-order chi connectivity index (χ1) is 13.0. The molecular formula is C22H35N5. The lowest BCUT2D eigenvalue weighted by atomic mass is 10.1. The summed E-state index contributed by atoms with van der Waals surface area (Å²) >= 11 is 0. The van der Waals surface area contributed by atoms with Crippen molar-refractivity contribution >= 4 is 23.1 Å². The summed E-state index contributed by atoms with van der Waals surface area (Å²) in [6.07, 6.45) is 2.18. The predicted molar refractivity (Wildman–Crippen MR) is 118 cm³/mol. The molecule has 0 saturated heterocycles. The van der Waals surface area contributed by atoms with Crippen molar-refractivity contribution < 1.29 is 0 Å². The fourth-order valence-corrected chi connectivity index (χ4v) is 3.32. The Balaban J connectivity index is 2.26. The van der Waals surface area contributed by atoms with Crippen molar-refractivity contribution in [3.63, 3.8) is 0 Å². The van der Waals surface area contributed by atoms with E-state index in [1.165, 1.54) is 11.3 Å². The van der Waals surface area contributed by atoms with Crippen LogP contribution in [0.4, 0.5) is 23.1 Å². The van der Waals surface area contributed by atoms with Crippen LogP contribution in [0.3, 0.4) is 0 Å². The van der Waals surface area contributed by atoms with Crippen LogP contribution >= 0.6 is 0 Å². The van der Waals surface area contributed by atoms with Gasteiger partial charge in [0.1, 0.15) is 5.82 Å². The van der Waals surface area contributed by atoms with Gasteiger partial charge in [-0.3, -0.25) is 0 Å². The first-order valence-corrected chi connectivity index (χ1v) is 10.3. The molecule has 5 heteroatoms. The van der Waals surface area contributed by atoms with Crippen molar-refractivity contribution in [2.75, 3.05) is 41.3 Å². The van der Waals surface area contributed by atoms with Crippen LogP contribution < -0.4 is 15.1 Å². The Hall–Kier alpha value is -2.30. The average molecular weight is 370 g/mol. The number of hydrogen-bond donors (Lipinski definition) is 1. The zero-order valence-electron chi connectivity index (χ0n) is 17.8. The van der Waals surface area contributed by atoms with Gasteiger partial charge in [-0.1, -0.05) is 13.8 Å². The second-order valence-electron chi connectivity index (χ2n) is 6.98. The molecule has 0 saturated carbocycles. The summed E-state index contributed by atoms with van der Waals surface area (Å²) in [5, 5.41) is 3.50. The molecule has 1 aromatic carbocycles. The van der Waals surface area contributed by atoms with E-state index in [0.717, 1.165) is 62.2 Å². The van der Waals surface area contributed by atoms with Crippen molar-refractivity contribution in [3.05, 3.63) is 35.5 Å². The van der Waals surface area contributed by atoms with Gasteiger partial charge in [0.15, 0.2) is 0 Å². The van der Waals surface area contributed by atoms with E-state index in [2.05, 4.69) is 72.9 Å². The molecule has 2 aromatic rings. The van der Waals surface area contributed by atoms with E-state index in [0.29, 0.717) is 0 Å². The molecule has 0 fully saturated rings. The standard InChI is InChI=1S/C22H35N5/c1-7-13-27(14-8-2)22-23-18(6)16-21(25-22)24-20-12-11-19(15-17(20)5)26(9-3)10-4/h11-12,15-16H,7-10,13-14H2,1-6H3,(H,23,24,25). The molecule has 0 radical (unpaired) electrons. The first-order valence-electron chi connectivity index (χ1n) is 10.3. The molecule has 27 heavy (non-hydrogen) atoms. The molecule has 5 nitrogen and oxygen atoms in total. The normalized spacial score (nSPS) is 10.7. The van der Waals surface area contributed by atoms with E-state index in [1.807, 2.05) is 13.0 Å². The maximum atomic E-state index is 4.79. The van der Waals surface area contributed by atoms with E-state index >= 15 is 0 Å². The van der Waals surface area contributed by atoms with Gasteiger partial charge in [-0.25, -0.2) is 4.98 Å². The largest absolute Gasteiger partial charge is 0.372 e. The van der Waals surface area contributed by atoms with Crippen LogP contribution in [0.5, 0.6) is 0 Å². The van der Waals surface area contributed by atoms with Gasteiger partial charge >= 0.3 is 0 Å². The molecule has 0 atom stereocenters. The molecule has 0 aliphatic rings. The monoisotopic (exact) mass is 369 g/mol. The molecule has 1 N–H and O–H groups in total. The zero-order chi connectivity index (χ0) is 19.8. The Morgan fingerprint density at radius 2 is 1.52 bits per heavy atom. The van der Waals surface area contributed by atoms with E-state index in [1.54, 1.807) is 0 Å². The van der Waals surface area contributed by atoms with Crippen molar-refractivity contribution in [1.82, 2.24) is 9.97 Å². The summed E-state index contributed by atoms with van der Waals surface area (Å²) < 4.78 is 0. The van der Waals surface area contributed by atoms with Crippen molar-refractivity contribution in [3.8, 4) is 0 Å². The molecule has 0 aliphatic heterocycles. The third-order valence-corrected chi connectivity index (χ3v) is 4.71. The summed E-state index contributed by atoms with van der Waals surface area (Å²) in [7, 11) is 0. The number of aromatic nitrogens is 2. The van der Waals surface area contributed by atoms with Crippen LogP contribution in [-0.4, -0.2) is 36.1 Å². The molecule has 0 bridgehead atoms. The third-order valence-electron chi connectivity index (χ3n) is 4.71. The van der Waals surface area contributed by atoms with Gasteiger partial charge in [0.25, 0.3) is 0 Å². The molecule has 148 valence electrons. The van der Waals surface area contributed by atoms with Crippen LogP contribution in [0, 0.1) is 13.8 Å². The molecule has 2 rings (SSSR count). The molecular weight excluding hydrogens is 334 g/mol. The SMILES string of the molecule is CCCN(CCC)c1nc(C)cc(Nc2ccc(N(CC)CC)cc2C)n1. The Morgan fingerprint density at radius 1 is 0.852 bits per heavy atom. The molecule has 1 heterocycles. The van der Waals surface area contributed by atoms with Crippen LogP contribution in [0.15, 0.2) is 24.3 Å². The van der Waals surface area contributed by atoms with Crippen LogP contribution in [0.25, 0.3) is 0 Å². The second kappa shape index (κ2) is 10.1. The van der Waals surface area contributed by atoms with Crippen LogP contribution in [-0.2, 0) is 0 Å². The van der Waals surface area contributed by atoms with Gasteiger partial charge < -0.3 is 15.1 Å². The predicted octanol–water partition coefficient (Wildman–Crippen LogP) is 5.31. The number of nitrogens with one attached hydrogen (secondary N) is 1. The van der Waals surface area contributed by atoms with Gasteiger partial charge in [0, 0.05) is 49.3 Å². The first kappa shape index (κ1) is 21.0. The highest BCUT2D eigenvalue weighted by molar-refractivity contribution is 5.66. The number of anilines is 4. The Bertz CT molecular complexity index is 719. The van der Waals surface area contributed by atoms with Crippen molar-refractivity contribution in [2.24, 2.45) is 0 Å². The minimum atomic E-state index is 0.818. The zero-order valence-corrected chi connectivity index (χ0v) is 17.8. The van der Waals surface area contributed by atoms with E-state index in [9.17, 15) is 0 Å². The van der Waals surface area contributed by atoms with Crippen molar-refractivity contribution in [2.45, 2.75) is 54.4 Å². The topological polar surface area (TPSA) is 44.3 Å². The summed E-state index contributed by atoms with van der Waals surface area (Å²) in [5.41, 5.74) is 4.56. The number of rotatable bonds is 10. The lowest BCUT2D eigenvalue weighted by Gasteiger charge is -2.23. The maximum absolute atomic E-state index is 4.79. The van der Waals surface area contributed by atoms with Gasteiger partial charge in [-0.05, 0) is 64.3 Å². The van der Waals surface area contributed by atoms with Crippen molar-refractivity contribution in [1.29, 1.82) is 0 Å². The van der Waals surface area contributed by atoms with Gasteiger partial charge in [0.2, 0.25) is 5.95 Å². The summed E-state index contributed by atoms with van der Waals surface area (Å²) in [4.78, 5) is 14.1. The highest BCUT2D eigenvalue weighted by Crippen LogP contribution is 2.26. The molecule has 0 unspecified atom stereocenters. The maximum Gasteiger partial charge on any atom is 0.227 e. The number of nitrogens with zero attached hydrogens (tertiary/aromatic N) is 4. The fourth-order valence-electron chi connectivity index (χ4n) is 3.32. The number of aryl methyl sites for hydroxylation is 2.